The molecule has 1 aromatic carbocycles. The highest BCUT2D eigenvalue weighted by Gasteiger charge is 2.36. The maximum atomic E-state index is 11.1. The van der Waals surface area contributed by atoms with Crippen LogP contribution in [0.4, 0.5) is 5.69 Å². The number of aliphatic carboxylic acids is 1. The Bertz CT molecular complexity index is 519. The van der Waals surface area contributed by atoms with Crippen molar-refractivity contribution in [2.24, 2.45) is 5.92 Å². The first-order valence-electron chi connectivity index (χ1n) is 6.05. The molecule has 1 N–H and O–H groups in total. The van der Waals surface area contributed by atoms with Crippen molar-refractivity contribution in [1.82, 2.24) is 0 Å². The Morgan fingerprint density at radius 2 is 2.28 bits per heavy atom. The zero-order valence-corrected chi connectivity index (χ0v) is 10.6. The van der Waals surface area contributed by atoms with E-state index in [0.717, 1.165) is 11.3 Å². The van der Waals surface area contributed by atoms with E-state index in [4.69, 9.17) is 5.11 Å². The van der Waals surface area contributed by atoms with Gasteiger partial charge in [0.05, 0.1) is 17.2 Å². The summed E-state index contributed by atoms with van der Waals surface area (Å²) in [6.45, 7) is 4.54. The molecule has 94 valence electrons. The van der Waals surface area contributed by atoms with Crippen molar-refractivity contribution in [1.29, 1.82) is 5.26 Å². The molecule has 1 aliphatic rings. The second-order valence-corrected chi connectivity index (χ2v) is 4.80. The van der Waals surface area contributed by atoms with Gasteiger partial charge in [-0.25, -0.2) is 0 Å². The van der Waals surface area contributed by atoms with Crippen LogP contribution in [-0.4, -0.2) is 23.7 Å². The van der Waals surface area contributed by atoms with Crippen molar-refractivity contribution in [2.75, 3.05) is 11.4 Å². The Labute approximate surface area is 106 Å². The van der Waals surface area contributed by atoms with Crippen molar-refractivity contribution in [3.63, 3.8) is 0 Å². The van der Waals surface area contributed by atoms with Gasteiger partial charge >= 0.3 is 5.97 Å². The zero-order valence-electron chi connectivity index (χ0n) is 10.6. The molecule has 0 spiro atoms. The van der Waals surface area contributed by atoms with Gasteiger partial charge in [0.1, 0.15) is 6.07 Å². The Hall–Kier alpha value is -2.02. The first kappa shape index (κ1) is 12.4. The van der Waals surface area contributed by atoms with Crippen molar-refractivity contribution < 1.29 is 9.90 Å². The Kier molecular flexibility index (Phi) is 3.24. The largest absolute Gasteiger partial charge is 0.481 e. The lowest BCUT2D eigenvalue weighted by molar-refractivity contribution is -0.141. The standard InChI is InChI=1S/C14H16N2O2/c1-9-3-4-13(11(7-9)8-15)16-6-5-12(10(16)2)14(17)18/h3-4,7,10,12H,5-6H2,1-2H3,(H,17,18). The van der Waals surface area contributed by atoms with Gasteiger partial charge in [-0.3, -0.25) is 4.79 Å². The molecule has 1 saturated heterocycles. The molecule has 2 rings (SSSR count). The molecule has 2 unspecified atom stereocenters. The van der Waals surface area contributed by atoms with Crippen LogP contribution < -0.4 is 4.90 Å². The van der Waals surface area contributed by atoms with Crippen LogP contribution in [0.25, 0.3) is 0 Å². The van der Waals surface area contributed by atoms with Crippen molar-refractivity contribution >= 4 is 11.7 Å². The van der Waals surface area contributed by atoms with E-state index in [9.17, 15) is 10.1 Å². The van der Waals surface area contributed by atoms with E-state index in [1.165, 1.54) is 0 Å². The fraction of sp³-hybridized carbons (Fsp3) is 0.429. The average Bonchev–Trinajstić information content (AvgIpc) is 2.71. The lowest BCUT2D eigenvalue weighted by Crippen LogP contribution is -2.33. The third-order valence-corrected chi connectivity index (χ3v) is 3.65. The van der Waals surface area contributed by atoms with Crippen LogP contribution in [0.15, 0.2) is 18.2 Å². The predicted molar refractivity (Wildman–Crippen MR) is 68.4 cm³/mol. The summed E-state index contributed by atoms with van der Waals surface area (Å²) in [4.78, 5) is 13.1. The molecule has 1 aliphatic heterocycles. The highest BCUT2D eigenvalue weighted by molar-refractivity contribution is 5.74. The summed E-state index contributed by atoms with van der Waals surface area (Å²) in [5.74, 6) is -1.10. The molecule has 4 nitrogen and oxygen atoms in total. The topological polar surface area (TPSA) is 64.3 Å². The van der Waals surface area contributed by atoms with Gasteiger partial charge in [0.15, 0.2) is 0 Å². The van der Waals surface area contributed by atoms with Crippen molar-refractivity contribution in [3.05, 3.63) is 29.3 Å². The molecule has 0 radical (unpaired) electrons. The molecule has 1 aromatic rings. The maximum absolute atomic E-state index is 11.1. The molecule has 0 bridgehead atoms. The van der Waals surface area contributed by atoms with Gasteiger partial charge in [0.25, 0.3) is 0 Å². The van der Waals surface area contributed by atoms with Gasteiger partial charge in [0, 0.05) is 12.6 Å². The normalized spacial score (nSPS) is 22.8. The number of nitrogens with zero attached hydrogens (tertiary/aromatic N) is 2. The quantitative estimate of drug-likeness (QED) is 0.865. The molecule has 0 amide bonds. The number of carbonyl (C=O) groups is 1. The molecule has 18 heavy (non-hydrogen) atoms. The van der Waals surface area contributed by atoms with E-state index in [-0.39, 0.29) is 12.0 Å². The highest BCUT2D eigenvalue weighted by Crippen LogP contribution is 2.32. The van der Waals surface area contributed by atoms with Gasteiger partial charge in [0.2, 0.25) is 0 Å². The smallest absolute Gasteiger partial charge is 0.308 e. The zero-order chi connectivity index (χ0) is 13.3. The lowest BCUT2D eigenvalue weighted by atomic mass is 10.0. The fourth-order valence-electron chi connectivity index (χ4n) is 2.60. The molecule has 0 saturated carbocycles. The third-order valence-electron chi connectivity index (χ3n) is 3.65. The Morgan fingerprint density at radius 1 is 1.56 bits per heavy atom. The number of benzene rings is 1. The van der Waals surface area contributed by atoms with Crippen LogP contribution in [0.1, 0.15) is 24.5 Å². The summed E-state index contributed by atoms with van der Waals surface area (Å²) >= 11 is 0. The van der Waals surface area contributed by atoms with Crippen LogP contribution in [0, 0.1) is 24.2 Å². The van der Waals surface area contributed by atoms with Crippen LogP contribution >= 0.6 is 0 Å². The predicted octanol–water partition coefficient (Wildman–Crippen LogP) is 2.17. The minimum absolute atomic E-state index is 0.0719. The first-order chi connectivity index (χ1) is 8.54. The second-order valence-electron chi connectivity index (χ2n) is 4.80. The van der Waals surface area contributed by atoms with Gasteiger partial charge in [-0.2, -0.15) is 5.26 Å². The van der Waals surface area contributed by atoms with Crippen LogP contribution in [0.2, 0.25) is 0 Å². The summed E-state index contributed by atoms with van der Waals surface area (Å²) in [6.07, 6.45) is 0.634. The molecular weight excluding hydrogens is 228 g/mol. The molecular formula is C14H16N2O2. The van der Waals surface area contributed by atoms with E-state index < -0.39 is 5.97 Å². The number of nitriles is 1. The second kappa shape index (κ2) is 4.69. The lowest BCUT2D eigenvalue weighted by Gasteiger charge is -2.26. The molecule has 1 heterocycles. The number of carboxylic acids is 1. The van der Waals surface area contributed by atoms with Gasteiger partial charge < -0.3 is 10.0 Å². The Morgan fingerprint density at radius 3 is 2.83 bits per heavy atom. The molecule has 2 atom stereocenters. The number of anilines is 1. The van der Waals surface area contributed by atoms with Gasteiger partial charge in [-0.1, -0.05) is 6.07 Å². The number of hydrogen-bond donors (Lipinski definition) is 1. The van der Waals surface area contributed by atoms with Gasteiger partial charge in [-0.05, 0) is 38.0 Å². The summed E-state index contributed by atoms with van der Waals surface area (Å²) in [7, 11) is 0. The van der Waals surface area contributed by atoms with E-state index >= 15 is 0 Å². The summed E-state index contributed by atoms with van der Waals surface area (Å²) in [6, 6.07) is 7.83. The van der Waals surface area contributed by atoms with Crippen LogP contribution in [0.3, 0.4) is 0 Å². The summed E-state index contributed by atoms with van der Waals surface area (Å²) in [5.41, 5.74) is 2.50. The average molecular weight is 244 g/mol. The minimum atomic E-state index is -0.754. The van der Waals surface area contributed by atoms with E-state index in [1.807, 2.05) is 36.9 Å². The fourth-order valence-corrected chi connectivity index (χ4v) is 2.60. The highest BCUT2D eigenvalue weighted by atomic mass is 16.4. The van der Waals surface area contributed by atoms with Gasteiger partial charge in [-0.15, -0.1) is 0 Å². The van der Waals surface area contributed by atoms with E-state index in [0.29, 0.717) is 18.5 Å². The van der Waals surface area contributed by atoms with Crippen molar-refractivity contribution in [3.8, 4) is 6.07 Å². The third kappa shape index (κ3) is 2.04. The number of rotatable bonds is 2. The molecule has 0 aliphatic carbocycles. The molecule has 4 heteroatoms. The summed E-state index contributed by atoms with van der Waals surface area (Å²) < 4.78 is 0. The SMILES string of the molecule is Cc1ccc(N2CCC(C(=O)O)C2C)c(C#N)c1. The van der Waals surface area contributed by atoms with Crippen LogP contribution in [0.5, 0.6) is 0 Å². The number of carboxylic acid groups (broad SMARTS) is 1. The number of hydrogen-bond acceptors (Lipinski definition) is 3. The molecule has 0 aromatic heterocycles. The minimum Gasteiger partial charge on any atom is -0.481 e. The number of aryl methyl sites for hydroxylation is 1. The van der Waals surface area contributed by atoms with E-state index in [1.54, 1.807) is 0 Å². The maximum Gasteiger partial charge on any atom is 0.308 e. The van der Waals surface area contributed by atoms with Crippen molar-refractivity contribution in [2.45, 2.75) is 26.3 Å². The Balaban J connectivity index is 2.34. The van der Waals surface area contributed by atoms with Crippen LogP contribution in [-0.2, 0) is 4.79 Å². The monoisotopic (exact) mass is 244 g/mol. The summed E-state index contributed by atoms with van der Waals surface area (Å²) in [5, 5.41) is 18.3. The van der Waals surface area contributed by atoms with E-state index in [2.05, 4.69) is 6.07 Å². The molecule has 1 fully saturated rings. The first-order valence-corrected chi connectivity index (χ1v) is 6.05.